The molecule has 0 bridgehead atoms. The summed E-state index contributed by atoms with van der Waals surface area (Å²) in [5, 5.41) is 2.73. The fourth-order valence-corrected chi connectivity index (χ4v) is 3.37. The van der Waals surface area contributed by atoms with Gasteiger partial charge in [-0.05, 0) is 36.4 Å². The van der Waals surface area contributed by atoms with Gasteiger partial charge in [0.15, 0.2) is 0 Å². The predicted molar refractivity (Wildman–Crippen MR) is 112 cm³/mol. The number of nitrogens with zero attached hydrogens (tertiary/aromatic N) is 2. The van der Waals surface area contributed by atoms with E-state index in [0.29, 0.717) is 28.4 Å². The summed E-state index contributed by atoms with van der Waals surface area (Å²) in [5.41, 5.74) is 2.23. The number of nitrogens with two attached hydrogens (primary N) is 1. The van der Waals surface area contributed by atoms with E-state index in [1.165, 1.54) is 17.7 Å². The van der Waals surface area contributed by atoms with E-state index in [1.54, 1.807) is 56.6 Å². The predicted octanol–water partition coefficient (Wildman–Crippen LogP) is 2.56. The maximum Gasteiger partial charge on any atom is 0.272 e. The Labute approximate surface area is 166 Å². The zero-order valence-corrected chi connectivity index (χ0v) is 16.2. The standard InChI is InChI=1S/C21H20N4O4/c1-24-19(26)9-6-14-15-10-12(4-7-16(15)23-20(14)24)21(27)25(22)17-8-5-13(28-2)11-18(17)29-3/h4-11,23H,22H2,1-3H3. The molecular formula is C21H20N4O4. The van der Waals surface area contributed by atoms with Crippen molar-refractivity contribution in [3.8, 4) is 11.5 Å². The number of benzene rings is 2. The minimum atomic E-state index is -0.394. The molecule has 0 saturated carbocycles. The number of pyridine rings is 1. The average Bonchev–Trinajstić information content (AvgIpc) is 3.13. The fourth-order valence-electron chi connectivity index (χ4n) is 3.37. The number of rotatable bonds is 4. The van der Waals surface area contributed by atoms with Crippen LogP contribution in [0.4, 0.5) is 5.69 Å². The van der Waals surface area contributed by atoms with Gasteiger partial charge >= 0.3 is 0 Å². The lowest BCUT2D eigenvalue weighted by Crippen LogP contribution is -2.37. The lowest BCUT2D eigenvalue weighted by molar-refractivity contribution is 0.0986. The molecule has 8 heteroatoms. The number of anilines is 1. The Balaban J connectivity index is 1.78. The van der Waals surface area contributed by atoms with Gasteiger partial charge in [0.1, 0.15) is 22.8 Å². The highest BCUT2D eigenvalue weighted by Gasteiger charge is 2.20. The number of aryl methyl sites for hydroxylation is 1. The van der Waals surface area contributed by atoms with Gasteiger partial charge in [-0.1, -0.05) is 0 Å². The fraction of sp³-hybridized carbons (Fsp3) is 0.143. The molecule has 0 aliphatic rings. The van der Waals surface area contributed by atoms with Crippen LogP contribution in [0.25, 0.3) is 21.9 Å². The Bertz CT molecular complexity index is 1310. The Morgan fingerprint density at radius 3 is 2.55 bits per heavy atom. The van der Waals surface area contributed by atoms with Crippen LogP contribution in [0.5, 0.6) is 11.5 Å². The number of fused-ring (bicyclic) bond motifs is 3. The molecule has 0 unspecified atom stereocenters. The monoisotopic (exact) mass is 392 g/mol. The van der Waals surface area contributed by atoms with Gasteiger partial charge in [-0.15, -0.1) is 0 Å². The Hall–Kier alpha value is -3.78. The molecular weight excluding hydrogens is 372 g/mol. The van der Waals surface area contributed by atoms with Gasteiger partial charge in [-0.2, -0.15) is 0 Å². The van der Waals surface area contributed by atoms with Crippen molar-refractivity contribution in [3.05, 3.63) is 64.4 Å². The lowest BCUT2D eigenvalue weighted by Gasteiger charge is -2.20. The maximum absolute atomic E-state index is 13.0. The molecule has 0 saturated heterocycles. The van der Waals surface area contributed by atoms with Crippen molar-refractivity contribution in [1.29, 1.82) is 0 Å². The first-order valence-electron chi connectivity index (χ1n) is 8.87. The quantitative estimate of drug-likeness (QED) is 0.316. The summed E-state index contributed by atoms with van der Waals surface area (Å²) >= 11 is 0. The largest absolute Gasteiger partial charge is 0.497 e. The van der Waals surface area contributed by atoms with Crippen LogP contribution in [0.2, 0.25) is 0 Å². The van der Waals surface area contributed by atoms with E-state index in [0.717, 1.165) is 21.3 Å². The number of hydrazine groups is 1. The molecule has 148 valence electrons. The number of methoxy groups -OCH3 is 2. The summed E-state index contributed by atoms with van der Waals surface area (Å²) in [4.78, 5) is 28.1. The number of hydrogen-bond acceptors (Lipinski definition) is 5. The van der Waals surface area contributed by atoms with Crippen molar-refractivity contribution in [2.45, 2.75) is 0 Å². The molecule has 0 atom stereocenters. The highest BCUT2D eigenvalue weighted by Crippen LogP contribution is 2.32. The van der Waals surface area contributed by atoms with Crippen LogP contribution >= 0.6 is 0 Å². The van der Waals surface area contributed by atoms with Crippen LogP contribution in [-0.2, 0) is 7.05 Å². The first kappa shape index (κ1) is 18.6. The summed E-state index contributed by atoms with van der Waals surface area (Å²) in [7, 11) is 4.74. The molecule has 2 heterocycles. The highest BCUT2D eigenvalue weighted by atomic mass is 16.5. The number of carbonyl (C=O) groups is 1. The van der Waals surface area contributed by atoms with Gasteiger partial charge in [0.05, 0.1) is 14.2 Å². The van der Waals surface area contributed by atoms with Gasteiger partial charge in [0.25, 0.3) is 11.5 Å². The highest BCUT2D eigenvalue weighted by molar-refractivity contribution is 6.12. The second-order valence-electron chi connectivity index (χ2n) is 6.59. The lowest BCUT2D eigenvalue weighted by atomic mass is 10.1. The molecule has 4 aromatic rings. The number of ether oxygens (including phenoxy) is 2. The number of nitrogens with one attached hydrogen (secondary N) is 1. The normalized spacial score (nSPS) is 11.0. The number of carbonyl (C=O) groups excluding carboxylic acids is 1. The summed E-state index contributed by atoms with van der Waals surface area (Å²) < 4.78 is 12.1. The summed E-state index contributed by atoms with van der Waals surface area (Å²) in [6.45, 7) is 0. The minimum absolute atomic E-state index is 0.111. The number of aromatic amines is 1. The van der Waals surface area contributed by atoms with Gasteiger partial charge in [0, 0.05) is 41.0 Å². The van der Waals surface area contributed by atoms with Crippen molar-refractivity contribution in [2.75, 3.05) is 19.2 Å². The third kappa shape index (κ3) is 2.99. The molecule has 2 aromatic heterocycles. The summed E-state index contributed by atoms with van der Waals surface area (Å²) in [5.74, 6) is 6.74. The molecule has 2 aromatic carbocycles. The van der Waals surface area contributed by atoms with Crippen molar-refractivity contribution in [2.24, 2.45) is 12.9 Å². The zero-order valence-electron chi connectivity index (χ0n) is 16.2. The Kier molecular flexibility index (Phi) is 4.48. The van der Waals surface area contributed by atoms with Crippen LogP contribution < -0.4 is 25.9 Å². The van der Waals surface area contributed by atoms with Crippen molar-refractivity contribution >= 4 is 33.5 Å². The zero-order chi connectivity index (χ0) is 20.7. The molecule has 3 N–H and O–H groups in total. The van der Waals surface area contributed by atoms with E-state index in [2.05, 4.69) is 4.98 Å². The topological polar surface area (TPSA) is 103 Å². The minimum Gasteiger partial charge on any atom is -0.497 e. The van der Waals surface area contributed by atoms with Crippen molar-refractivity contribution in [1.82, 2.24) is 9.55 Å². The van der Waals surface area contributed by atoms with Crippen LogP contribution in [0, 0.1) is 0 Å². The molecule has 0 aliphatic carbocycles. The second kappa shape index (κ2) is 6.99. The van der Waals surface area contributed by atoms with Gasteiger partial charge < -0.3 is 14.5 Å². The average molecular weight is 392 g/mol. The molecule has 29 heavy (non-hydrogen) atoms. The van der Waals surface area contributed by atoms with Gasteiger partial charge in [0.2, 0.25) is 0 Å². The van der Waals surface area contributed by atoms with Crippen molar-refractivity contribution in [3.63, 3.8) is 0 Å². The van der Waals surface area contributed by atoms with E-state index >= 15 is 0 Å². The molecule has 0 radical (unpaired) electrons. The first-order chi connectivity index (χ1) is 13.9. The van der Waals surface area contributed by atoms with E-state index in [9.17, 15) is 9.59 Å². The molecule has 1 amide bonds. The van der Waals surface area contributed by atoms with E-state index in [1.807, 2.05) is 0 Å². The molecule has 0 fully saturated rings. The van der Waals surface area contributed by atoms with Crippen molar-refractivity contribution < 1.29 is 14.3 Å². The molecule has 0 aliphatic heterocycles. The number of H-pyrrole nitrogens is 1. The van der Waals surface area contributed by atoms with Crippen LogP contribution in [-0.4, -0.2) is 29.7 Å². The first-order valence-corrected chi connectivity index (χ1v) is 8.87. The molecule has 4 rings (SSSR count). The Morgan fingerprint density at radius 2 is 1.83 bits per heavy atom. The third-order valence-electron chi connectivity index (χ3n) is 4.99. The molecule has 8 nitrogen and oxygen atoms in total. The van der Waals surface area contributed by atoms with E-state index < -0.39 is 5.91 Å². The summed E-state index contributed by atoms with van der Waals surface area (Å²) in [6.07, 6.45) is 0. The Morgan fingerprint density at radius 1 is 1.03 bits per heavy atom. The van der Waals surface area contributed by atoms with Crippen LogP contribution in [0.1, 0.15) is 10.4 Å². The number of aromatic nitrogens is 2. The van der Waals surface area contributed by atoms with Crippen LogP contribution in [0.15, 0.2) is 53.3 Å². The molecule has 0 spiro atoms. The SMILES string of the molecule is COc1ccc(N(N)C(=O)c2ccc3[nH]c4c(ccc(=O)n4C)c3c2)c(OC)c1. The maximum atomic E-state index is 13.0. The van der Waals surface area contributed by atoms with Gasteiger partial charge in [-0.3, -0.25) is 14.2 Å². The number of amides is 1. The third-order valence-corrected chi connectivity index (χ3v) is 4.99. The summed E-state index contributed by atoms with van der Waals surface area (Å²) in [6, 6.07) is 13.5. The van der Waals surface area contributed by atoms with E-state index in [4.69, 9.17) is 15.3 Å². The van der Waals surface area contributed by atoms with Crippen LogP contribution in [0.3, 0.4) is 0 Å². The smallest absolute Gasteiger partial charge is 0.272 e. The number of hydrogen-bond donors (Lipinski definition) is 2. The van der Waals surface area contributed by atoms with E-state index in [-0.39, 0.29) is 5.56 Å². The second-order valence-corrected chi connectivity index (χ2v) is 6.59. The van der Waals surface area contributed by atoms with Gasteiger partial charge in [-0.25, -0.2) is 10.9 Å².